The smallest absolute Gasteiger partial charge is 0.411 e. The summed E-state index contributed by atoms with van der Waals surface area (Å²) in [5.74, 6) is 2.05. The normalized spacial score (nSPS) is 9.50. The van der Waals surface area contributed by atoms with E-state index in [9.17, 15) is 9.18 Å². The molecule has 1 amide bonds. The molecule has 0 saturated heterocycles. The van der Waals surface area contributed by atoms with Crippen molar-refractivity contribution in [1.82, 2.24) is 0 Å². The maximum absolute atomic E-state index is 12.7. The van der Waals surface area contributed by atoms with Crippen LogP contribution in [-0.2, 0) is 0 Å². The van der Waals surface area contributed by atoms with Gasteiger partial charge in [-0.05, 0) is 30.7 Å². The SMILES string of the molecule is C#CCCCN(C(=O)O)c1ccc(F)cc1. The number of halogens is 1. The topological polar surface area (TPSA) is 40.5 Å². The molecule has 4 heteroatoms. The van der Waals surface area contributed by atoms with Crippen molar-refractivity contribution in [2.75, 3.05) is 11.4 Å². The van der Waals surface area contributed by atoms with Gasteiger partial charge in [-0.3, -0.25) is 4.90 Å². The second-order valence-electron chi connectivity index (χ2n) is 3.22. The average molecular weight is 221 g/mol. The molecule has 0 aliphatic carbocycles. The predicted molar refractivity (Wildman–Crippen MR) is 59.8 cm³/mol. The highest BCUT2D eigenvalue weighted by atomic mass is 19.1. The number of hydrogen-bond donors (Lipinski definition) is 1. The van der Waals surface area contributed by atoms with E-state index in [-0.39, 0.29) is 0 Å². The van der Waals surface area contributed by atoms with E-state index in [2.05, 4.69) is 5.92 Å². The van der Waals surface area contributed by atoms with Gasteiger partial charge in [-0.2, -0.15) is 0 Å². The first-order valence-electron chi connectivity index (χ1n) is 4.84. The van der Waals surface area contributed by atoms with E-state index in [1.165, 1.54) is 24.3 Å². The Balaban J connectivity index is 2.74. The standard InChI is InChI=1S/C12H12FNO2/c1-2-3-4-9-14(12(15)16)11-7-5-10(13)6-8-11/h1,5-8H,3-4,9H2,(H,15,16). The molecule has 1 N–H and O–H groups in total. The fraction of sp³-hybridized carbons (Fsp3) is 0.250. The number of rotatable bonds is 4. The molecule has 0 saturated carbocycles. The summed E-state index contributed by atoms with van der Waals surface area (Å²) in [5, 5.41) is 8.98. The minimum absolute atomic E-state index is 0.311. The number of unbranched alkanes of at least 4 members (excludes halogenated alkanes) is 1. The van der Waals surface area contributed by atoms with Crippen molar-refractivity contribution >= 4 is 11.8 Å². The lowest BCUT2D eigenvalue weighted by Crippen LogP contribution is -2.30. The van der Waals surface area contributed by atoms with Gasteiger partial charge in [-0.15, -0.1) is 12.3 Å². The van der Waals surface area contributed by atoms with Gasteiger partial charge in [-0.25, -0.2) is 9.18 Å². The van der Waals surface area contributed by atoms with E-state index >= 15 is 0 Å². The minimum Gasteiger partial charge on any atom is -0.465 e. The molecule has 1 rings (SSSR count). The molecule has 0 radical (unpaired) electrons. The van der Waals surface area contributed by atoms with E-state index in [0.717, 1.165) is 4.90 Å². The zero-order chi connectivity index (χ0) is 12.0. The number of carboxylic acid groups (broad SMARTS) is 1. The van der Waals surface area contributed by atoms with Gasteiger partial charge in [0.2, 0.25) is 0 Å². The molecule has 0 spiro atoms. The highest BCUT2D eigenvalue weighted by molar-refractivity contribution is 5.85. The van der Waals surface area contributed by atoms with Crippen molar-refractivity contribution in [1.29, 1.82) is 0 Å². The molecular formula is C12H12FNO2. The van der Waals surface area contributed by atoms with Crippen molar-refractivity contribution in [2.24, 2.45) is 0 Å². The third-order valence-corrected chi connectivity index (χ3v) is 2.07. The summed E-state index contributed by atoms with van der Waals surface area (Å²) in [6, 6.07) is 5.32. The Labute approximate surface area is 93.5 Å². The summed E-state index contributed by atoms with van der Waals surface area (Å²) in [5.41, 5.74) is 0.450. The van der Waals surface area contributed by atoms with Gasteiger partial charge in [0.15, 0.2) is 0 Å². The number of terminal acetylenes is 1. The molecule has 1 aromatic carbocycles. The molecule has 0 atom stereocenters. The van der Waals surface area contributed by atoms with Crippen LogP contribution in [0.2, 0.25) is 0 Å². The molecule has 0 heterocycles. The van der Waals surface area contributed by atoms with Crippen LogP contribution in [0.3, 0.4) is 0 Å². The summed E-state index contributed by atoms with van der Waals surface area (Å²) in [4.78, 5) is 12.1. The second-order valence-corrected chi connectivity index (χ2v) is 3.22. The number of carbonyl (C=O) groups is 1. The number of amides is 1. The largest absolute Gasteiger partial charge is 0.465 e. The van der Waals surface area contributed by atoms with Gasteiger partial charge in [0, 0.05) is 18.7 Å². The average Bonchev–Trinajstić information content (AvgIpc) is 2.26. The van der Waals surface area contributed by atoms with Crippen LogP contribution < -0.4 is 4.90 Å². The Kier molecular flexibility index (Phi) is 4.34. The Morgan fingerprint density at radius 2 is 2.06 bits per heavy atom. The lowest BCUT2D eigenvalue weighted by atomic mass is 10.2. The molecule has 16 heavy (non-hydrogen) atoms. The van der Waals surface area contributed by atoms with Crippen molar-refractivity contribution < 1.29 is 14.3 Å². The molecule has 0 aromatic heterocycles. The highest BCUT2D eigenvalue weighted by Gasteiger charge is 2.13. The van der Waals surface area contributed by atoms with Crippen molar-refractivity contribution in [3.63, 3.8) is 0 Å². The first-order valence-corrected chi connectivity index (χ1v) is 4.84. The van der Waals surface area contributed by atoms with E-state index in [1.54, 1.807) is 0 Å². The van der Waals surface area contributed by atoms with E-state index in [0.29, 0.717) is 25.1 Å². The number of hydrogen-bond acceptors (Lipinski definition) is 1. The van der Waals surface area contributed by atoms with Crippen LogP contribution in [0.4, 0.5) is 14.9 Å². The van der Waals surface area contributed by atoms with Gasteiger partial charge in [0.05, 0.1) is 0 Å². The maximum atomic E-state index is 12.7. The zero-order valence-electron chi connectivity index (χ0n) is 8.69. The van der Waals surface area contributed by atoms with Crippen molar-refractivity contribution in [3.8, 4) is 12.3 Å². The molecule has 0 aliphatic heterocycles. The van der Waals surface area contributed by atoms with Crippen LogP contribution in [0.1, 0.15) is 12.8 Å². The molecule has 0 aliphatic rings. The fourth-order valence-electron chi connectivity index (χ4n) is 1.30. The van der Waals surface area contributed by atoms with E-state index in [1.807, 2.05) is 0 Å². The molecule has 84 valence electrons. The Bertz CT molecular complexity index is 394. The van der Waals surface area contributed by atoms with Crippen LogP contribution in [0, 0.1) is 18.2 Å². The summed E-state index contributed by atoms with van der Waals surface area (Å²) in [6.07, 6.45) is 5.12. The minimum atomic E-state index is -1.07. The molecular weight excluding hydrogens is 209 g/mol. The summed E-state index contributed by atoms with van der Waals surface area (Å²) in [7, 11) is 0. The van der Waals surface area contributed by atoms with Crippen molar-refractivity contribution in [2.45, 2.75) is 12.8 Å². The molecule has 0 unspecified atom stereocenters. The molecule has 1 aromatic rings. The molecule has 0 fully saturated rings. The lowest BCUT2D eigenvalue weighted by molar-refractivity contribution is 0.201. The van der Waals surface area contributed by atoms with Crippen LogP contribution in [0.15, 0.2) is 24.3 Å². The van der Waals surface area contributed by atoms with Crippen LogP contribution >= 0.6 is 0 Å². The van der Waals surface area contributed by atoms with Crippen LogP contribution in [0.5, 0.6) is 0 Å². The quantitative estimate of drug-likeness (QED) is 0.627. The van der Waals surface area contributed by atoms with Gasteiger partial charge in [-0.1, -0.05) is 0 Å². The summed E-state index contributed by atoms with van der Waals surface area (Å²) < 4.78 is 12.7. The Hall–Kier alpha value is -2.02. The third-order valence-electron chi connectivity index (χ3n) is 2.07. The fourth-order valence-corrected chi connectivity index (χ4v) is 1.30. The van der Waals surface area contributed by atoms with E-state index < -0.39 is 11.9 Å². The first-order chi connectivity index (χ1) is 7.65. The summed E-state index contributed by atoms with van der Waals surface area (Å²) in [6.45, 7) is 0.311. The number of nitrogens with zero attached hydrogens (tertiary/aromatic N) is 1. The number of anilines is 1. The zero-order valence-corrected chi connectivity index (χ0v) is 8.69. The predicted octanol–water partition coefficient (Wildman–Crippen LogP) is 2.72. The van der Waals surface area contributed by atoms with Crippen LogP contribution in [-0.4, -0.2) is 17.7 Å². The second kappa shape index (κ2) is 5.76. The number of benzene rings is 1. The van der Waals surface area contributed by atoms with Gasteiger partial charge < -0.3 is 5.11 Å². The summed E-state index contributed by atoms with van der Waals surface area (Å²) >= 11 is 0. The molecule has 3 nitrogen and oxygen atoms in total. The van der Waals surface area contributed by atoms with Gasteiger partial charge in [0.1, 0.15) is 5.82 Å². The monoisotopic (exact) mass is 221 g/mol. The van der Waals surface area contributed by atoms with E-state index in [4.69, 9.17) is 11.5 Å². The highest BCUT2D eigenvalue weighted by Crippen LogP contribution is 2.15. The molecule has 0 bridgehead atoms. The lowest BCUT2D eigenvalue weighted by Gasteiger charge is -2.18. The third kappa shape index (κ3) is 3.28. The Morgan fingerprint density at radius 1 is 1.44 bits per heavy atom. The van der Waals surface area contributed by atoms with Gasteiger partial charge in [0.25, 0.3) is 0 Å². The first kappa shape index (κ1) is 12.1. The van der Waals surface area contributed by atoms with Gasteiger partial charge >= 0.3 is 6.09 Å². The maximum Gasteiger partial charge on any atom is 0.411 e. The Morgan fingerprint density at radius 3 is 2.56 bits per heavy atom. The van der Waals surface area contributed by atoms with Crippen molar-refractivity contribution in [3.05, 3.63) is 30.1 Å². The van der Waals surface area contributed by atoms with Crippen LogP contribution in [0.25, 0.3) is 0 Å².